The lowest BCUT2D eigenvalue weighted by molar-refractivity contribution is -0.385. The Hall–Kier alpha value is -4.96. The van der Waals surface area contributed by atoms with Crippen LogP contribution in [0.15, 0.2) is 70.9 Å². The molecular weight excluding hydrogens is 790 g/mol. The first-order chi connectivity index (χ1) is 25.8. The molecule has 2 aromatic carbocycles. The van der Waals surface area contributed by atoms with Crippen molar-refractivity contribution in [3.63, 3.8) is 0 Å². The molecule has 0 saturated carbocycles. The minimum absolute atomic E-state index is 0.0180. The molecule has 5 rings (SSSR count). The third kappa shape index (κ3) is 9.47. The molecule has 2 amide bonds. The van der Waals surface area contributed by atoms with Gasteiger partial charge in [0, 0.05) is 61.8 Å². The van der Waals surface area contributed by atoms with Crippen LogP contribution in [0, 0.1) is 17.0 Å². The monoisotopic (exact) mass is 824 g/mol. The normalized spacial score (nSPS) is 14.3. The summed E-state index contributed by atoms with van der Waals surface area (Å²) in [6.45, 7) is 0.588. The number of nitro benzene ring substituents is 1. The fraction of sp³-hybridized carbons (Fsp3) is 0.324. The molecule has 0 spiro atoms. The predicted molar refractivity (Wildman–Crippen MR) is 195 cm³/mol. The number of piperazine rings is 1. The second-order valence-electron chi connectivity index (χ2n) is 12.4. The van der Waals surface area contributed by atoms with Crippen LogP contribution in [0.25, 0.3) is 11.3 Å². The van der Waals surface area contributed by atoms with E-state index in [4.69, 9.17) is 0 Å². The number of para-hydroxylation sites is 1. The zero-order valence-corrected chi connectivity index (χ0v) is 31.8. The number of nitrogens with one attached hydrogen (secondary N) is 1. The van der Waals surface area contributed by atoms with E-state index in [1.807, 2.05) is 0 Å². The fourth-order valence-electron chi connectivity index (χ4n) is 5.89. The first-order valence-corrected chi connectivity index (χ1v) is 20.3. The van der Waals surface area contributed by atoms with Crippen LogP contribution in [0.4, 0.5) is 18.9 Å². The number of carbonyl (C=O) groups excluding carboxylic acids is 2. The number of pyridine rings is 1. The number of benzene rings is 2. The molecule has 0 atom stereocenters. The van der Waals surface area contributed by atoms with Gasteiger partial charge in [0.15, 0.2) is 5.69 Å². The quantitative estimate of drug-likeness (QED) is 0.147. The van der Waals surface area contributed by atoms with E-state index in [1.54, 1.807) is 13.0 Å². The molecule has 0 bridgehead atoms. The molecule has 0 aliphatic carbocycles. The summed E-state index contributed by atoms with van der Waals surface area (Å²) in [5, 5.41) is 24.1. The second-order valence-corrected chi connectivity index (χ2v) is 18.1. The van der Waals surface area contributed by atoms with E-state index < -0.39 is 89.9 Å². The molecule has 1 saturated heterocycles. The van der Waals surface area contributed by atoms with Gasteiger partial charge in [0.25, 0.3) is 21.6 Å². The van der Waals surface area contributed by atoms with Gasteiger partial charge in [-0.15, -0.1) is 11.3 Å². The average Bonchev–Trinajstić information content (AvgIpc) is 3.59. The lowest BCUT2D eigenvalue weighted by Crippen LogP contribution is -2.52. The van der Waals surface area contributed by atoms with Crippen molar-refractivity contribution in [3.05, 3.63) is 104 Å². The van der Waals surface area contributed by atoms with Crippen LogP contribution < -0.4 is 5.32 Å². The Morgan fingerprint density at radius 1 is 0.982 bits per heavy atom. The van der Waals surface area contributed by atoms with Crippen molar-refractivity contribution in [1.82, 2.24) is 23.8 Å². The zero-order valence-electron chi connectivity index (χ0n) is 29.3. The maximum atomic E-state index is 14.7. The minimum Gasteiger partial charge on any atom is -0.505 e. The van der Waals surface area contributed by atoms with E-state index in [9.17, 15) is 54.8 Å². The van der Waals surface area contributed by atoms with E-state index in [-0.39, 0.29) is 53.8 Å². The van der Waals surface area contributed by atoms with E-state index >= 15 is 0 Å². The highest BCUT2D eigenvalue weighted by atomic mass is 32.2. The van der Waals surface area contributed by atoms with Crippen molar-refractivity contribution in [2.24, 2.45) is 0 Å². The Bertz CT molecular complexity index is 2330. The number of aromatic nitrogens is 1. The van der Waals surface area contributed by atoms with Crippen molar-refractivity contribution in [1.29, 1.82) is 0 Å². The highest BCUT2D eigenvalue weighted by molar-refractivity contribution is 7.91. The Morgan fingerprint density at radius 3 is 2.29 bits per heavy atom. The average molecular weight is 825 g/mol. The summed E-state index contributed by atoms with van der Waals surface area (Å²) in [5.41, 5.74) is -3.43. The van der Waals surface area contributed by atoms with Crippen molar-refractivity contribution >= 4 is 48.9 Å². The Balaban J connectivity index is 1.28. The molecule has 15 nitrogen and oxygen atoms in total. The molecular formula is C34H35F3N6O9S3. The summed E-state index contributed by atoms with van der Waals surface area (Å²) < 4.78 is 98.2. The van der Waals surface area contributed by atoms with Crippen LogP contribution >= 0.6 is 11.3 Å². The highest BCUT2D eigenvalue weighted by Crippen LogP contribution is 2.40. The number of hydrogen-bond acceptors (Lipinski definition) is 11. The molecule has 2 N–H and O–H groups in total. The topological polar surface area (TPSA) is 200 Å². The van der Waals surface area contributed by atoms with E-state index in [2.05, 4.69) is 10.3 Å². The predicted octanol–water partition coefficient (Wildman–Crippen LogP) is 4.02. The molecule has 4 aromatic rings. The Kier molecular flexibility index (Phi) is 12.3. The second kappa shape index (κ2) is 16.4. The number of sulfonamides is 2. The summed E-state index contributed by atoms with van der Waals surface area (Å²) in [7, 11) is -6.88. The Morgan fingerprint density at radius 2 is 1.65 bits per heavy atom. The maximum absolute atomic E-state index is 14.7. The lowest BCUT2D eigenvalue weighted by Gasteiger charge is -2.33. The van der Waals surface area contributed by atoms with Crippen molar-refractivity contribution in [3.8, 4) is 17.0 Å². The van der Waals surface area contributed by atoms with E-state index in [0.29, 0.717) is 4.31 Å². The molecule has 21 heteroatoms. The van der Waals surface area contributed by atoms with Crippen LogP contribution in [0.5, 0.6) is 5.75 Å². The van der Waals surface area contributed by atoms with Gasteiger partial charge in [0.1, 0.15) is 9.96 Å². The molecule has 1 aliphatic rings. The Labute approximate surface area is 318 Å². The molecule has 1 fully saturated rings. The van der Waals surface area contributed by atoms with E-state index in [1.165, 1.54) is 45.6 Å². The van der Waals surface area contributed by atoms with Gasteiger partial charge < -0.3 is 15.3 Å². The molecule has 294 valence electrons. The van der Waals surface area contributed by atoms with Gasteiger partial charge in [-0.25, -0.2) is 26.1 Å². The largest absolute Gasteiger partial charge is 0.505 e. The standard InChI is InChI=1S/C34H35F3N6O9S3/c1-22-10-13-30(53-22)55(51,52)42-17-15-41(16-18-42)29(45)20-38-33(46)32-28(44)12-11-26(39-32)25-8-5-7-24(31(25)34(35,36)37)21-40(2)54(49,50)19-14-23-6-3-4-9-27(23)43(47)48/h3-13,44H,14-21H2,1-2H3,(H,38,46). The summed E-state index contributed by atoms with van der Waals surface area (Å²) in [6, 6.07) is 14.1. The third-order valence-electron chi connectivity index (χ3n) is 8.79. The summed E-state index contributed by atoms with van der Waals surface area (Å²) in [5.74, 6) is -2.95. The first kappa shape index (κ1) is 41.2. The smallest absolute Gasteiger partial charge is 0.417 e. The van der Waals surface area contributed by atoms with Crippen LogP contribution in [0.3, 0.4) is 0 Å². The van der Waals surface area contributed by atoms with E-state index in [0.717, 1.165) is 47.5 Å². The SMILES string of the molecule is Cc1ccc(S(=O)(=O)N2CCN(C(=O)CNC(=O)c3nc(-c4cccc(CN(C)S(=O)(=O)CCc5ccccc5[N+](=O)[O-])c4C(F)(F)F)ccc3O)CC2)s1. The minimum atomic E-state index is -5.04. The lowest BCUT2D eigenvalue weighted by atomic mass is 9.97. The number of aryl methyl sites for hydroxylation is 2. The van der Waals surface area contributed by atoms with Gasteiger partial charge in [-0.2, -0.15) is 17.5 Å². The van der Waals surface area contributed by atoms with Gasteiger partial charge >= 0.3 is 6.18 Å². The summed E-state index contributed by atoms with van der Waals surface area (Å²) in [4.78, 5) is 42.8. The number of amides is 2. The third-order valence-corrected chi connectivity index (χ3v) is 14.0. The first-order valence-electron chi connectivity index (χ1n) is 16.5. The van der Waals surface area contributed by atoms with Gasteiger partial charge in [-0.1, -0.05) is 36.4 Å². The number of nitro groups is 1. The number of thiophene rings is 1. The summed E-state index contributed by atoms with van der Waals surface area (Å²) >= 11 is 1.13. The van der Waals surface area contributed by atoms with Crippen LogP contribution in [-0.2, 0) is 44.0 Å². The summed E-state index contributed by atoms with van der Waals surface area (Å²) in [6.07, 6.45) is -5.30. The number of alkyl halides is 3. The number of rotatable bonds is 13. The van der Waals surface area contributed by atoms with Crippen LogP contribution in [-0.4, -0.2) is 103 Å². The molecule has 0 radical (unpaired) electrons. The van der Waals surface area contributed by atoms with Crippen molar-refractivity contribution < 1.29 is 49.6 Å². The van der Waals surface area contributed by atoms with Gasteiger partial charge in [0.2, 0.25) is 15.9 Å². The van der Waals surface area contributed by atoms with Crippen LogP contribution in [0.2, 0.25) is 0 Å². The van der Waals surface area contributed by atoms with Crippen molar-refractivity contribution in [2.75, 3.05) is 45.5 Å². The number of aromatic hydroxyl groups is 1. The van der Waals surface area contributed by atoms with Crippen molar-refractivity contribution in [2.45, 2.75) is 30.3 Å². The number of carbonyl (C=O) groups is 2. The molecule has 2 aromatic heterocycles. The maximum Gasteiger partial charge on any atom is 0.417 e. The van der Waals surface area contributed by atoms with Gasteiger partial charge in [-0.05, 0) is 43.2 Å². The number of hydrogen-bond donors (Lipinski definition) is 2. The van der Waals surface area contributed by atoms with Gasteiger partial charge in [0.05, 0.1) is 28.5 Å². The molecule has 55 heavy (non-hydrogen) atoms. The fourth-order valence-corrected chi connectivity index (χ4v) is 9.87. The molecule has 0 unspecified atom stereocenters. The highest BCUT2D eigenvalue weighted by Gasteiger charge is 2.38. The van der Waals surface area contributed by atoms with Gasteiger partial charge in [-0.3, -0.25) is 19.7 Å². The molecule has 3 heterocycles. The number of halogens is 3. The number of nitrogens with zero attached hydrogens (tertiary/aromatic N) is 5. The van der Waals surface area contributed by atoms with Crippen LogP contribution in [0.1, 0.15) is 32.1 Å². The zero-order chi connectivity index (χ0) is 40.3. The molecule has 1 aliphatic heterocycles.